The van der Waals surface area contributed by atoms with E-state index in [2.05, 4.69) is 10.2 Å². The molecule has 2 heterocycles. The van der Waals surface area contributed by atoms with E-state index in [1.807, 2.05) is 30.3 Å². The molecule has 2 aromatic rings. The van der Waals surface area contributed by atoms with Crippen molar-refractivity contribution in [3.8, 4) is 0 Å². The topological polar surface area (TPSA) is 37.9 Å². The third-order valence-electron chi connectivity index (χ3n) is 2.28. The van der Waals surface area contributed by atoms with Crippen LogP contribution in [0.2, 0.25) is 0 Å². The average Bonchev–Trinajstić information content (AvgIpc) is 2.86. The molecule has 0 bridgehead atoms. The molecule has 3 rings (SSSR count). The third kappa shape index (κ3) is 1.06. The van der Waals surface area contributed by atoms with E-state index in [4.69, 9.17) is 4.42 Å². The molecule has 68 valence electrons. The Kier molecular flexibility index (Phi) is 1.50. The first-order valence-electron chi connectivity index (χ1n) is 4.48. The van der Waals surface area contributed by atoms with Crippen LogP contribution >= 0.6 is 0 Å². The smallest absolute Gasteiger partial charge is 0.134 e. The van der Waals surface area contributed by atoms with Gasteiger partial charge in [-0.05, 0) is 12.1 Å². The number of para-hydroxylation sites is 1. The van der Waals surface area contributed by atoms with Crippen molar-refractivity contribution in [1.29, 1.82) is 0 Å². The molecule has 0 radical (unpaired) electrons. The van der Waals surface area contributed by atoms with Crippen molar-refractivity contribution in [2.24, 2.45) is 10.2 Å². The van der Waals surface area contributed by atoms with Gasteiger partial charge in [-0.3, -0.25) is 0 Å². The van der Waals surface area contributed by atoms with Gasteiger partial charge in [0.15, 0.2) is 0 Å². The maximum Gasteiger partial charge on any atom is 0.134 e. The van der Waals surface area contributed by atoms with Crippen LogP contribution in [0, 0.1) is 0 Å². The van der Waals surface area contributed by atoms with Crippen molar-refractivity contribution in [2.45, 2.75) is 0 Å². The van der Waals surface area contributed by atoms with Gasteiger partial charge in [-0.25, -0.2) is 0 Å². The maximum atomic E-state index is 5.66. The van der Waals surface area contributed by atoms with Crippen LogP contribution in [0.1, 0.15) is 5.76 Å². The molecule has 1 aliphatic heterocycles. The summed E-state index contributed by atoms with van der Waals surface area (Å²) in [6.45, 7) is 0.625. The molecule has 0 saturated carbocycles. The molecule has 0 spiro atoms. The highest BCUT2D eigenvalue weighted by Gasteiger charge is 2.10. The van der Waals surface area contributed by atoms with E-state index in [1.54, 1.807) is 6.20 Å². The summed E-state index contributed by atoms with van der Waals surface area (Å²) in [5.74, 6) is 0.871. The molecule has 1 aliphatic rings. The van der Waals surface area contributed by atoms with E-state index in [0.29, 0.717) is 6.54 Å². The first kappa shape index (κ1) is 7.50. The fraction of sp³-hybridized carbons (Fsp3) is 0.0909. The summed E-state index contributed by atoms with van der Waals surface area (Å²) in [6, 6.07) is 9.99. The summed E-state index contributed by atoms with van der Waals surface area (Å²) < 4.78 is 5.66. The zero-order valence-electron chi connectivity index (χ0n) is 7.47. The van der Waals surface area contributed by atoms with Gasteiger partial charge in [-0.1, -0.05) is 18.2 Å². The van der Waals surface area contributed by atoms with E-state index in [1.165, 1.54) is 0 Å². The van der Waals surface area contributed by atoms with Crippen molar-refractivity contribution in [1.82, 2.24) is 0 Å². The van der Waals surface area contributed by atoms with Crippen LogP contribution in [0.4, 0.5) is 0 Å². The van der Waals surface area contributed by atoms with Crippen molar-refractivity contribution in [3.05, 3.63) is 42.3 Å². The molecule has 1 aromatic heterocycles. The van der Waals surface area contributed by atoms with Gasteiger partial charge in [0.25, 0.3) is 0 Å². The van der Waals surface area contributed by atoms with Crippen LogP contribution < -0.4 is 0 Å². The highest BCUT2D eigenvalue weighted by Crippen LogP contribution is 2.26. The Labute approximate surface area is 80.8 Å². The van der Waals surface area contributed by atoms with Gasteiger partial charge in [0.2, 0.25) is 0 Å². The normalized spacial score (nSPS) is 15.0. The summed E-state index contributed by atoms with van der Waals surface area (Å²) in [5.41, 5.74) is 1.96. The fourth-order valence-corrected chi connectivity index (χ4v) is 1.55. The van der Waals surface area contributed by atoms with Crippen molar-refractivity contribution < 1.29 is 4.42 Å². The van der Waals surface area contributed by atoms with Gasteiger partial charge in [0, 0.05) is 11.0 Å². The van der Waals surface area contributed by atoms with E-state index < -0.39 is 0 Å². The minimum Gasteiger partial charge on any atom is -0.456 e. The molecule has 1 aromatic carbocycles. The second-order valence-corrected chi connectivity index (χ2v) is 3.22. The summed E-state index contributed by atoms with van der Waals surface area (Å²) in [7, 11) is 0. The van der Waals surface area contributed by atoms with Crippen molar-refractivity contribution >= 4 is 16.5 Å². The molecule has 3 heteroatoms. The van der Waals surface area contributed by atoms with Gasteiger partial charge in [-0.15, -0.1) is 0 Å². The zero-order valence-corrected chi connectivity index (χ0v) is 7.47. The second kappa shape index (κ2) is 2.80. The number of benzene rings is 1. The Bertz CT molecular complexity index is 504. The van der Waals surface area contributed by atoms with E-state index >= 15 is 0 Å². The largest absolute Gasteiger partial charge is 0.456 e. The molecule has 0 amide bonds. The molecule has 0 unspecified atom stereocenters. The molecule has 0 aliphatic carbocycles. The van der Waals surface area contributed by atoms with Crippen LogP contribution in [0.15, 0.2) is 51.2 Å². The Morgan fingerprint density at radius 3 is 2.93 bits per heavy atom. The van der Waals surface area contributed by atoms with Crippen LogP contribution in [-0.4, -0.2) is 6.54 Å². The predicted molar refractivity (Wildman–Crippen MR) is 53.9 cm³/mol. The van der Waals surface area contributed by atoms with Crippen molar-refractivity contribution in [2.75, 3.05) is 6.54 Å². The average molecular weight is 184 g/mol. The fourth-order valence-electron chi connectivity index (χ4n) is 1.55. The molecule has 3 nitrogen and oxygen atoms in total. The maximum absolute atomic E-state index is 5.66. The third-order valence-corrected chi connectivity index (χ3v) is 2.28. The highest BCUT2D eigenvalue weighted by atomic mass is 16.3. The minimum absolute atomic E-state index is 0.625. The van der Waals surface area contributed by atoms with E-state index in [9.17, 15) is 0 Å². The zero-order chi connectivity index (χ0) is 9.38. The number of furan rings is 1. The highest BCUT2D eigenvalue weighted by molar-refractivity contribution is 5.82. The van der Waals surface area contributed by atoms with Crippen molar-refractivity contribution in [3.63, 3.8) is 0 Å². The Morgan fingerprint density at radius 1 is 1.21 bits per heavy atom. The summed E-state index contributed by atoms with van der Waals surface area (Å²) in [5, 5.41) is 8.82. The number of azo groups is 1. The number of hydrogen-bond acceptors (Lipinski definition) is 3. The van der Waals surface area contributed by atoms with Gasteiger partial charge >= 0.3 is 0 Å². The second-order valence-electron chi connectivity index (χ2n) is 3.22. The van der Waals surface area contributed by atoms with Gasteiger partial charge in [0.1, 0.15) is 11.3 Å². The molecular formula is C11H8N2O. The summed E-state index contributed by atoms with van der Waals surface area (Å²) in [4.78, 5) is 0. The minimum atomic E-state index is 0.625. The van der Waals surface area contributed by atoms with Gasteiger partial charge in [0.05, 0.1) is 12.7 Å². The van der Waals surface area contributed by atoms with Gasteiger partial charge < -0.3 is 4.42 Å². The molecule has 0 atom stereocenters. The Balaban J connectivity index is 2.15. The molecule has 14 heavy (non-hydrogen) atoms. The summed E-state index contributed by atoms with van der Waals surface area (Å²) in [6.07, 6.45) is 1.75. The molecule has 0 N–H and O–H groups in total. The lowest BCUT2D eigenvalue weighted by atomic mass is 10.2. The number of hydrogen-bond donors (Lipinski definition) is 0. The number of nitrogens with zero attached hydrogens (tertiary/aromatic N) is 2. The molecule has 0 fully saturated rings. The Morgan fingerprint density at radius 2 is 2.14 bits per heavy atom. The Hall–Kier alpha value is -1.90. The quantitative estimate of drug-likeness (QED) is 0.670. The predicted octanol–water partition coefficient (Wildman–Crippen LogP) is 3.24. The monoisotopic (exact) mass is 184 g/mol. The lowest BCUT2D eigenvalue weighted by Gasteiger charge is -1.90. The van der Waals surface area contributed by atoms with Gasteiger partial charge in [-0.2, -0.15) is 10.2 Å². The van der Waals surface area contributed by atoms with Crippen LogP contribution in [-0.2, 0) is 0 Å². The first-order chi connectivity index (χ1) is 6.93. The SMILES string of the molecule is C1=C(c2cc3ccccc3o2)CN=N1. The lowest BCUT2D eigenvalue weighted by Crippen LogP contribution is -1.79. The molecule has 0 saturated heterocycles. The number of rotatable bonds is 1. The van der Waals surface area contributed by atoms with Crippen LogP contribution in [0.25, 0.3) is 16.5 Å². The van der Waals surface area contributed by atoms with Crippen LogP contribution in [0.3, 0.4) is 0 Å². The first-order valence-corrected chi connectivity index (χ1v) is 4.48. The number of fused-ring (bicyclic) bond motifs is 1. The van der Waals surface area contributed by atoms with E-state index in [0.717, 1.165) is 22.3 Å². The van der Waals surface area contributed by atoms with Crippen LogP contribution in [0.5, 0.6) is 0 Å². The summed E-state index contributed by atoms with van der Waals surface area (Å²) >= 11 is 0. The lowest BCUT2D eigenvalue weighted by molar-refractivity contribution is 0.598. The standard InChI is InChI=1S/C11H8N2O/c1-2-4-10-8(3-1)5-11(14-10)9-6-12-13-7-9/h1-6H,7H2. The van der Waals surface area contributed by atoms with E-state index in [-0.39, 0.29) is 0 Å². The molecular weight excluding hydrogens is 176 g/mol.